The minimum Gasteiger partial charge on any atom is -0.462 e. The molecule has 0 saturated heterocycles. The van der Waals surface area contributed by atoms with Gasteiger partial charge in [-0.05, 0) is 0 Å². The quantitative estimate of drug-likeness (QED) is 0.318. The van der Waals surface area contributed by atoms with Crippen molar-refractivity contribution >= 4 is 23.0 Å². The number of carbonyl (C=O) groups excluding carboxylic acids is 1. The third-order valence-electron chi connectivity index (χ3n) is 2.55. The van der Waals surface area contributed by atoms with Gasteiger partial charge >= 0.3 is 17.3 Å². The van der Waals surface area contributed by atoms with Crippen molar-refractivity contribution in [3.63, 3.8) is 0 Å². The van der Waals surface area contributed by atoms with Crippen molar-refractivity contribution in [2.45, 2.75) is 6.42 Å². The smallest absolute Gasteiger partial charge is 0.352 e. The lowest BCUT2D eigenvalue weighted by Gasteiger charge is -2.04. The summed E-state index contributed by atoms with van der Waals surface area (Å²) in [7, 11) is 0. The maximum Gasteiger partial charge on any atom is 0.352 e. The fraction of sp³-hybridized carbons (Fsp3) is 0.182. The zero-order valence-corrected chi connectivity index (χ0v) is 11.0. The lowest BCUT2D eigenvalue weighted by Crippen LogP contribution is -2.07. The Hall–Kier alpha value is -3.37. The monoisotopic (exact) mass is 311 g/mol. The Bertz CT molecular complexity index is 670. The van der Waals surface area contributed by atoms with E-state index in [1.807, 2.05) is 0 Å². The number of nitrogens with zero attached hydrogens (tertiary/aromatic N) is 3. The second kappa shape index (κ2) is 6.88. The normalized spacial score (nSPS) is 9.82. The van der Waals surface area contributed by atoms with Crippen molar-refractivity contribution in [1.82, 2.24) is 0 Å². The number of nitro benzene ring substituents is 3. The Morgan fingerprint density at radius 3 is 2.00 bits per heavy atom. The molecule has 0 unspecified atom stereocenters. The Balaban J connectivity index is 3.24. The number of hydrogen-bond donors (Lipinski definition) is 0. The zero-order chi connectivity index (χ0) is 16.9. The van der Waals surface area contributed by atoms with E-state index in [4.69, 9.17) is 0 Å². The van der Waals surface area contributed by atoms with Gasteiger partial charge in [0, 0.05) is 24.1 Å². The van der Waals surface area contributed by atoms with Crippen LogP contribution in [0.3, 0.4) is 0 Å². The highest BCUT2D eigenvalue weighted by Gasteiger charge is 2.31. The number of ether oxygens (including phenoxy) is 1. The Kier molecular flexibility index (Phi) is 5.21. The van der Waals surface area contributed by atoms with Crippen LogP contribution in [0.5, 0.6) is 0 Å². The third kappa shape index (κ3) is 3.82. The molecule has 0 fully saturated rings. The van der Waals surface area contributed by atoms with E-state index in [2.05, 4.69) is 11.3 Å². The van der Waals surface area contributed by atoms with Crippen molar-refractivity contribution in [2.24, 2.45) is 0 Å². The summed E-state index contributed by atoms with van der Waals surface area (Å²) in [6.45, 7) is 2.86. The van der Waals surface area contributed by atoms with Gasteiger partial charge in [-0.2, -0.15) is 0 Å². The highest BCUT2D eigenvalue weighted by atomic mass is 16.6. The summed E-state index contributed by atoms with van der Waals surface area (Å²) in [6.07, 6.45) is 0.668. The molecule has 0 amide bonds. The van der Waals surface area contributed by atoms with Crippen LogP contribution in [0.4, 0.5) is 17.1 Å². The van der Waals surface area contributed by atoms with Crippen LogP contribution in [0, 0.1) is 30.3 Å². The first kappa shape index (κ1) is 16.7. The molecule has 116 valence electrons. The van der Waals surface area contributed by atoms with Gasteiger partial charge < -0.3 is 4.74 Å². The first-order valence-corrected chi connectivity index (χ1v) is 5.67. The van der Waals surface area contributed by atoms with E-state index in [1.54, 1.807) is 0 Å². The van der Waals surface area contributed by atoms with Crippen molar-refractivity contribution < 1.29 is 24.3 Å². The van der Waals surface area contributed by atoms with Gasteiger partial charge in [-0.25, -0.2) is 4.79 Å². The summed E-state index contributed by atoms with van der Waals surface area (Å²) >= 11 is 0. The second-order valence-corrected chi connectivity index (χ2v) is 3.86. The number of benzene rings is 1. The van der Waals surface area contributed by atoms with Crippen LogP contribution in [-0.2, 0) is 16.0 Å². The molecule has 1 rings (SSSR count). The Morgan fingerprint density at radius 1 is 1.05 bits per heavy atom. The molecule has 1 aromatic rings. The summed E-state index contributed by atoms with van der Waals surface area (Å²) < 4.78 is 4.62. The first-order valence-electron chi connectivity index (χ1n) is 5.67. The molecular formula is C11H9N3O8. The average Bonchev–Trinajstić information content (AvgIpc) is 2.45. The predicted octanol–water partition coefficient (Wildman–Crippen LogP) is 1.68. The number of carbonyl (C=O) groups is 1. The molecule has 0 N–H and O–H groups in total. The van der Waals surface area contributed by atoms with Crippen molar-refractivity contribution in [2.75, 3.05) is 6.61 Å². The second-order valence-electron chi connectivity index (χ2n) is 3.86. The van der Waals surface area contributed by atoms with Crippen LogP contribution < -0.4 is 0 Å². The molecule has 0 heterocycles. The van der Waals surface area contributed by atoms with Gasteiger partial charge in [0.25, 0.3) is 5.69 Å². The number of esters is 1. The maximum absolute atomic E-state index is 10.9. The van der Waals surface area contributed by atoms with Crippen LogP contribution in [0.1, 0.15) is 5.56 Å². The summed E-state index contributed by atoms with van der Waals surface area (Å²) in [5, 5.41) is 32.5. The van der Waals surface area contributed by atoms with Crippen molar-refractivity contribution in [3.8, 4) is 0 Å². The zero-order valence-electron chi connectivity index (χ0n) is 11.0. The van der Waals surface area contributed by atoms with Gasteiger partial charge in [0.05, 0.1) is 21.4 Å². The van der Waals surface area contributed by atoms with E-state index in [-0.39, 0.29) is 18.6 Å². The van der Waals surface area contributed by atoms with Gasteiger partial charge in [0.15, 0.2) is 0 Å². The van der Waals surface area contributed by atoms with Crippen LogP contribution in [-0.4, -0.2) is 27.3 Å². The standard InChI is InChI=1S/C11H9N3O8/c1-2-11(15)22-4-3-7-5-9(13(18)19)10(14(20)21)6-8(7)12(16)17/h2,5-6H,1,3-4H2. The lowest BCUT2D eigenvalue weighted by atomic mass is 10.1. The van der Waals surface area contributed by atoms with Gasteiger partial charge in [0.1, 0.15) is 6.07 Å². The van der Waals surface area contributed by atoms with Crippen LogP contribution in [0.15, 0.2) is 24.8 Å². The highest BCUT2D eigenvalue weighted by Crippen LogP contribution is 2.34. The van der Waals surface area contributed by atoms with Crippen molar-refractivity contribution in [3.05, 3.63) is 60.7 Å². The minimum atomic E-state index is -1.08. The minimum absolute atomic E-state index is 0.154. The fourth-order valence-corrected chi connectivity index (χ4v) is 1.59. The van der Waals surface area contributed by atoms with Gasteiger partial charge in [-0.3, -0.25) is 30.3 Å². The lowest BCUT2D eigenvalue weighted by molar-refractivity contribution is -0.424. The summed E-state index contributed by atoms with van der Waals surface area (Å²) in [5.41, 5.74) is -2.67. The van der Waals surface area contributed by atoms with E-state index in [0.717, 1.165) is 12.1 Å². The van der Waals surface area contributed by atoms with Gasteiger partial charge in [-0.1, -0.05) is 6.58 Å². The molecule has 0 aliphatic carbocycles. The summed E-state index contributed by atoms with van der Waals surface area (Å²) in [5.74, 6) is -0.765. The number of rotatable bonds is 7. The summed E-state index contributed by atoms with van der Waals surface area (Å²) in [4.78, 5) is 40.4. The molecular weight excluding hydrogens is 302 g/mol. The van der Waals surface area contributed by atoms with Crippen LogP contribution in [0.2, 0.25) is 0 Å². The molecule has 0 aliphatic heterocycles. The topological polar surface area (TPSA) is 156 Å². The largest absolute Gasteiger partial charge is 0.462 e. The van der Waals surface area contributed by atoms with E-state index in [9.17, 15) is 35.1 Å². The van der Waals surface area contributed by atoms with Crippen LogP contribution >= 0.6 is 0 Å². The molecule has 0 radical (unpaired) electrons. The van der Waals surface area contributed by atoms with E-state index < -0.39 is 37.8 Å². The SMILES string of the molecule is C=CC(=O)OCCc1cc([N+](=O)[O-])c([N+](=O)[O-])cc1[N+](=O)[O-]. The average molecular weight is 311 g/mol. The molecule has 0 aliphatic rings. The van der Waals surface area contributed by atoms with E-state index >= 15 is 0 Å². The molecule has 0 spiro atoms. The molecule has 11 heteroatoms. The Morgan fingerprint density at radius 2 is 1.55 bits per heavy atom. The Labute approximate surface area is 122 Å². The molecule has 11 nitrogen and oxygen atoms in total. The number of hydrogen-bond acceptors (Lipinski definition) is 8. The van der Waals surface area contributed by atoms with Gasteiger partial charge in [0.2, 0.25) is 0 Å². The van der Waals surface area contributed by atoms with Gasteiger partial charge in [-0.15, -0.1) is 0 Å². The van der Waals surface area contributed by atoms with E-state index in [0.29, 0.717) is 6.07 Å². The fourth-order valence-electron chi connectivity index (χ4n) is 1.59. The molecule has 0 saturated carbocycles. The predicted molar refractivity (Wildman–Crippen MR) is 71.3 cm³/mol. The summed E-state index contributed by atoms with van der Waals surface area (Å²) in [6, 6.07) is 1.25. The van der Waals surface area contributed by atoms with Crippen molar-refractivity contribution in [1.29, 1.82) is 0 Å². The third-order valence-corrected chi connectivity index (χ3v) is 2.55. The maximum atomic E-state index is 10.9. The highest BCUT2D eigenvalue weighted by molar-refractivity contribution is 5.81. The number of nitro groups is 3. The molecule has 22 heavy (non-hydrogen) atoms. The first-order chi connectivity index (χ1) is 10.3. The molecule has 1 aromatic carbocycles. The molecule has 0 aromatic heterocycles. The molecule has 0 bridgehead atoms. The molecule has 0 atom stereocenters. The van der Waals surface area contributed by atoms with E-state index in [1.165, 1.54) is 0 Å². The van der Waals surface area contributed by atoms with Crippen LogP contribution in [0.25, 0.3) is 0 Å².